The Kier molecular flexibility index (Phi) is 9.61. The van der Waals surface area contributed by atoms with E-state index in [0.717, 1.165) is 30.4 Å². The first-order chi connectivity index (χ1) is 20.6. The Morgan fingerprint density at radius 1 is 1.09 bits per heavy atom. The number of carbonyl (C=O) groups excluding carboxylic acids is 1. The van der Waals surface area contributed by atoms with Crippen molar-refractivity contribution in [3.63, 3.8) is 0 Å². The van der Waals surface area contributed by atoms with Gasteiger partial charge in [-0.15, -0.1) is 0 Å². The summed E-state index contributed by atoms with van der Waals surface area (Å²) in [5.41, 5.74) is 3.80. The molecule has 5 rings (SSSR count). The van der Waals surface area contributed by atoms with E-state index < -0.39 is 6.10 Å². The number of pyridine rings is 2. The molecule has 43 heavy (non-hydrogen) atoms. The van der Waals surface area contributed by atoms with Crippen molar-refractivity contribution in [1.29, 1.82) is 0 Å². The van der Waals surface area contributed by atoms with E-state index in [1.807, 2.05) is 36.5 Å². The summed E-state index contributed by atoms with van der Waals surface area (Å²) in [6, 6.07) is 18.8. The molecule has 7 heteroatoms. The summed E-state index contributed by atoms with van der Waals surface area (Å²) in [5, 5.41) is 11.6. The van der Waals surface area contributed by atoms with Gasteiger partial charge < -0.3 is 18.8 Å². The first kappa shape index (κ1) is 30.5. The predicted molar refractivity (Wildman–Crippen MR) is 167 cm³/mol. The van der Waals surface area contributed by atoms with Crippen LogP contribution in [0, 0.1) is 11.3 Å². The third-order valence-corrected chi connectivity index (χ3v) is 8.17. The highest BCUT2D eigenvalue weighted by Crippen LogP contribution is 2.37. The summed E-state index contributed by atoms with van der Waals surface area (Å²) in [4.78, 5) is 30.6. The molecule has 0 saturated heterocycles. The van der Waals surface area contributed by atoms with Crippen LogP contribution < -0.4 is 10.3 Å². The summed E-state index contributed by atoms with van der Waals surface area (Å²) < 4.78 is 12.8. The molecule has 226 valence electrons. The largest absolute Gasteiger partial charge is 0.477 e. The third kappa shape index (κ3) is 8.32. The number of carbonyl (C=O) groups is 1. The molecule has 0 aliphatic carbocycles. The zero-order valence-electron chi connectivity index (χ0n) is 25.4. The lowest BCUT2D eigenvalue weighted by atomic mass is 9.82. The highest BCUT2D eigenvalue weighted by Gasteiger charge is 2.28. The van der Waals surface area contributed by atoms with Crippen LogP contribution in [-0.2, 0) is 19.4 Å². The molecule has 1 aliphatic heterocycles. The highest BCUT2D eigenvalue weighted by atomic mass is 16.5. The maximum absolute atomic E-state index is 13.6. The number of rotatable bonds is 12. The number of aliphatic hydroxyl groups is 1. The number of Topliss-reactive ketones (excluding diaryl/α,β-unsaturated/α-hetero) is 1. The average Bonchev–Trinajstić information content (AvgIpc) is 3.49. The molecule has 0 amide bonds. The summed E-state index contributed by atoms with van der Waals surface area (Å²) in [6.07, 6.45) is 8.32. The van der Waals surface area contributed by atoms with Gasteiger partial charge in [0.2, 0.25) is 5.88 Å². The molecule has 0 radical (unpaired) electrons. The SMILES string of the molecule is CC(C)(C)Cc1cnc2c(c1)[C@@H](CC[C@@H](O)[C@@H](CC(=O)c1ccc(=O)n(Cc3ccco3)c1)Cc1ccccc1)CCO2. The lowest BCUT2D eigenvalue weighted by Gasteiger charge is -2.29. The second-order valence-electron chi connectivity index (χ2n) is 13.0. The van der Waals surface area contributed by atoms with Crippen molar-refractivity contribution in [2.24, 2.45) is 11.3 Å². The lowest BCUT2D eigenvalue weighted by molar-refractivity contribution is 0.0729. The van der Waals surface area contributed by atoms with E-state index in [2.05, 4.69) is 31.8 Å². The molecule has 3 aromatic heterocycles. The molecule has 1 aromatic carbocycles. The second kappa shape index (κ2) is 13.6. The minimum atomic E-state index is -0.671. The van der Waals surface area contributed by atoms with Crippen LogP contribution in [0.25, 0.3) is 0 Å². The highest BCUT2D eigenvalue weighted by molar-refractivity contribution is 5.96. The van der Waals surface area contributed by atoms with Gasteiger partial charge in [-0.05, 0) is 84.7 Å². The van der Waals surface area contributed by atoms with Crippen molar-refractivity contribution in [2.75, 3.05) is 6.61 Å². The molecular formula is C36H42N2O5. The normalized spacial score (nSPS) is 16.2. The maximum Gasteiger partial charge on any atom is 0.250 e. The van der Waals surface area contributed by atoms with E-state index in [1.165, 1.54) is 16.2 Å². The fourth-order valence-corrected chi connectivity index (χ4v) is 6.01. The zero-order chi connectivity index (χ0) is 30.4. The van der Waals surface area contributed by atoms with Crippen LogP contribution in [0.3, 0.4) is 0 Å². The molecule has 0 bridgehead atoms. The van der Waals surface area contributed by atoms with Crippen LogP contribution >= 0.6 is 0 Å². The molecule has 4 aromatic rings. The van der Waals surface area contributed by atoms with Crippen molar-refractivity contribution >= 4 is 5.78 Å². The van der Waals surface area contributed by atoms with Crippen molar-refractivity contribution in [3.8, 4) is 5.88 Å². The van der Waals surface area contributed by atoms with Gasteiger partial charge in [0.15, 0.2) is 5.78 Å². The first-order valence-electron chi connectivity index (χ1n) is 15.2. The van der Waals surface area contributed by atoms with Gasteiger partial charge >= 0.3 is 0 Å². The number of aliphatic hydroxyl groups excluding tert-OH is 1. The molecule has 1 N–H and O–H groups in total. The van der Waals surface area contributed by atoms with Gasteiger partial charge in [-0.1, -0.05) is 51.1 Å². The fraction of sp³-hybridized carbons (Fsp3) is 0.417. The molecule has 7 nitrogen and oxygen atoms in total. The fourth-order valence-electron chi connectivity index (χ4n) is 6.01. The Morgan fingerprint density at radius 2 is 1.91 bits per heavy atom. The summed E-state index contributed by atoms with van der Waals surface area (Å²) in [6.45, 7) is 7.52. The summed E-state index contributed by atoms with van der Waals surface area (Å²) in [7, 11) is 0. The van der Waals surface area contributed by atoms with Gasteiger partial charge in [-0.25, -0.2) is 4.98 Å². The first-order valence-corrected chi connectivity index (χ1v) is 15.2. The van der Waals surface area contributed by atoms with E-state index in [4.69, 9.17) is 9.15 Å². The number of nitrogens with zero attached hydrogens (tertiary/aromatic N) is 2. The Morgan fingerprint density at radius 3 is 2.65 bits per heavy atom. The van der Waals surface area contributed by atoms with Crippen LogP contribution in [-0.4, -0.2) is 33.2 Å². The van der Waals surface area contributed by atoms with E-state index in [0.29, 0.717) is 36.7 Å². The Hall–Kier alpha value is -3.97. The van der Waals surface area contributed by atoms with Crippen molar-refractivity contribution in [1.82, 2.24) is 9.55 Å². The Bertz CT molecular complexity index is 1550. The summed E-state index contributed by atoms with van der Waals surface area (Å²) >= 11 is 0. The van der Waals surface area contributed by atoms with E-state index in [9.17, 15) is 14.7 Å². The van der Waals surface area contributed by atoms with E-state index >= 15 is 0 Å². The number of benzene rings is 1. The number of aromatic nitrogens is 2. The number of ketones is 1. The third-order valence-electron chi connectivity index (χ3n) is 8.17. The average molecular weight is 583 g/mol. The second-order valence-corrected chi connectivity index (χ2v) is 13.0. The van der Waals surface area contributed by atoms with Gasteiger partial charge in [0, 0.05) is 36.0 Å². The molecule has 1 aliphatic rings. The minimum Gasteiger partial charge on any atom is -0.477 e. The summed E-state index contributed by atoms with van der Waals surface area (Å²) in [5.74, 6) is 1.21. The van der Waals surface area contributed by atoms with Gasteiger partial charge in [0.1, 0.15) is 5.76 Å². The van der Waals surface area contributed by atoms with Gasteiger partial charge in [-0.2, -0.15) is 0 Å². The number of furan rings is 1. The molecule has 0 fully saturated rings. The Labute approximate surface area is 253 Å². The van der Waals surface area contributed by atoms with Crippen LogP contribution in [0.1, 0.15) is 85.2 Å². The van der Waals surface area contributed by atoms with Crippen LogP contribution in [0.5, 0.6) is 5.88 Å². The zero-order valence-corrected chi connectivity index (χ0v) is 25.4. The minimum absolute atomic E-state index is 0.0967. The lowest BCUT2D eigenvalue weighted by Crippen LogP contribution is -2.27. The molecule has 3 atom stereocenters. The van der Waals surface area contributed by atoms with Crippen molar-refractivity contribution < 1.29 is 19.1 Å². The monoisotopic (exact) mass is 582 g/mol. The topological polar surface area (TPSA) is 94.6 Å². The number of ether oxygens (including phenoxy) is 1. The Balaban J connectivity index is 1.31. The van der Waals surface area contributed by atoms with Gasteiger partial charge in [-0.3, -0.25) is 9.59 Å². The van der Waals surface area contributed by atoms with Crippen molar-refractivity contribution in [2.45, 2.75) is 77.9 Å². The van der Waals surface area contributed by atoms with Gasteiger partial charge in [0.05, 0.1) is 25.5 Å². The van der Waals surface area contributed by atoms with E-state index in [-0.39, 0.29) is 41.6 Å². The number of hydrogen-bond donors (Lipinski definition) is 1. The number of hydrogen-bond acceptors (Lipinski definition) is 6. The standard InChI is InChI=1S/C36H42N2O5/c1-36(2,3)21-26-19-31-27(15-17-43-35(31)37-22-26)11-13-32(39)29(18-25-8-5-4-6-9-25)20-33(40)28-12-14-34(41)38(23-28)24-30-10-7-16-42-30/h4-10,12,14,16,19,22-23,27,29,32,39H,11,13,15,17-18,20-21,24H2,1-3H3/t27-,29+,32+/m0/s1. The smallest absolute Gasteiger partial charge is 0.250 e. The molecular weight excluding hydrogens is 540 g/mol. The van der Waals surface area contributed by atoms with Crippen LogP contribution in [0.2, 0.25) is 0 Å². The number of fused-ring (bicyclic) bond motifs is 1. The molecule has 0 unspecified atom stereocenters. The maximum atomic E-state index is 13.6. The van der Waals surface area contributed by atoms with Crippen molar-refractivity contribution in [3.05, 3.63) is 118 Å². The quantitative estimate of drug-likeness (QED) is 0.189. The van der Waals surface area contributed by atoms with Crippen LogP contribution in [0.4, 0.5) is 0 Å². The van der Waals surface area contributed by atoms with Crippen LogP contribution in [0.15, 0.2) is 88.5 Å². The van der Waals surface area contributed by atoms with Gasteiger partial charge in [0.25, 0.3) is 5.56 Å². The van der Waals surface area contributed by atoms with E-state index in [1.54, 1.807) is 30.7 Å². The predicted octanol–water partition coefficient (Wildman–Crippen LogP) is 6.61. The molecule has 0 spiro atoms. The molecule has 4 heterocycles. The molecule has 0 saturated carbocycles.